The molecule has 110 valence electrons. The molecule has 1 aliphatic heterocycles. The van der Waals surface area contributed by atoms with Gasteiger partial charge < -0.3 is 0 Å². The Kier molecular flexibility index (Phi) is 8.61. The van der Waals surface area contributed by atoms with Crippen molar-refractivity contribution in [2.75, 3.05) is 39.4 Å². The Labute approximate surface area is 109 Å². The maximum atomic E-state index is 13.7. The summed E-state index contributed by atoms with van der Waals surface area (Å²) in [5, 5.41) is 0. The van der Waals surface area contributed by atoms with Gasteiger partial charge in [0.2, 0.25) is 0 Å². The van der Waals surface area contributed by atoms with Crippen LogP contribution in [0.25, 0.3) is 0 Å². The van der Waals surface area contributed by atoms with E-state index in [1.165, 1.54) is 6.92 Å². The molecule has 1 aliphatic rings. The van der Waals surface area contributed by atoms with Gasteiger partial charge in [-0.1, -0.05) is 27.7 Å². The molecule has 1 unspecified atom stereocenters. The molecule has 1 heterocycles. The van der Waals surface area contributed by atoms with Gasteiger partial charge in [-0.25, -0.2) is 13.2 Å². The third-order valence-corrected chi connectivity index (χ3v) is 3.34. The summed E-state index contributed by atoms with van der Waals surface area (Å²) in [6, 6.07) is -0.761. The fraction of sp³-hybridized carbons (Fsp3) is 1.00. The topological polar surface area (TPSA) is 6.48 Å². The van der Waals surface area contributed by atoms with E-state index in [1.807, 2.05) is 20.8 Å². The second-order valence-electron chi connectivity index (χ2n) is 4.25. The number of piperazine rings is 1. The van der Waals surface area contributed by atoms with Crippen molar-refractivity contribution in [1.29, 1.82) is 0 Å². The van der Waals surface area contributed by atoms with Crippen LogP contribution in [0.4, 0.5) is 13.2 Å². The monoisotopic (exact) mass is 268 g/mol. The number of rotatable bonds is 5. The van der Waals surface area contributed by atoms with E-state index in [9.17, 15) is 13.2 Å². The van der Waals surface area contributed by atoms with Crippen LogP contribution in [0.2, 0.25) is 0 Å². The fourth-order valence-corrected chi connectivity index (χ4v) is 2.21. The quantitative estimate of drug-likeness (QED) is 0.756. The second-order valence-corrected chi connectivity index (χ2v) is 4.25. The molecule has 0 aliphatic carbocycles. The molecule has 18 heavy (non-hydrogen) atoms. The lowest BCUT2D eigenvalue weighted by Gasteiger charge is -2.43. The first-order chi connectivity index (χ1) is 8.55. The summed E-state index contributed by atoms with van der Waals surface area (Å²) in [7, 11) is 0. The van der Waals surface area contributed by atoms with Crippen molar-refractivity contribution in [3.63, 3.8) is 0 Å². The standard InChI is InChI=1S/C11H21F3N2.C2H6/c1-3-11(13,14)10-9-15(6-5-12)7-8-16(10)4-2;1-2/h10H,3-9H2,1-2H3;1-2H3. The van der Waals surface area contributed by atoms with Gasteiger partial charge in [0.25, 0.3) is 5.92 Å². The van der Waals surface area contributed by atoms with E-state index in [4.69, 9.17) is 0 Å². The molecule has 0 radical (unpaired) electrons. The molecule has 1 saturated heterocycles. The normalized spacial score (nSPS) is 22.5. The highest BCUT2D eigenvalue weighted by molar-refractivity contribution is 4.90. The van der Waals surface area contributed by atoms with Crippen LogP contribution in [0.3, 0.4) is 0 Å². The van der Waals surface area contributed by atoms with Gasteiger partial charge in [0.1, 0.15) is 6.67 Å². The molecule has 2 nitrogen and oxygen atoms in total. The lowest BCUT2D eigenvalue weighted by molar-refractivity contribution is -0.109. The number of likely N-dealkylation sites (N-methyl/N-ethyl adjacent to an activating group) is 1. The molecule has 0 saturated carbocycles. The molecule has 1 fully saturated rings. The fourth-order valence-electron chi connectivity index (χ4n) is 2.21. The summed E-state index contributed by atoms with van der Waals surface area (Å²) in [6.45, 7) is 9.41. The molecular weight excluding hydrogens is 241 g/mol. The van der Waals surface area contributed by atoms with Crippen molar-refractivity contribution >= 4 is 0 Å². The molecule has 0 aromatic carbocycles. The Hall–Kier alpha value is -0.290. The molecule has 0 N–H and O–H groups in total. The summed E-state index contributed by atoms with van der Waals surface area (Å²) in [4.78, 5) is 3.60. The molecule has 0 spiro atoms. The third-order valence-electron chi connectivity index (χ3n) is 3.34. The summed E-state index contributed by atoms with van der Waals surface area (Å²) in [5.41, 5.74) is 0. The summed E-state index contributed by atoms with van der Waals surface area (Å²) >= 11 is 0. The molecule has 0 bridgehead atoms. The number of halogens is 3. The molecule has 0 amide bonds. The zero-order valence-corrected chi connectivity index (χ0v) is 12.1. The first-order valence-corrected chi connectivity index (χ1v) is 6.95. The van der Waals surface area contributed by atoms with Crippen molar-refractivity contribution < 1.29 is 13.2 Å². The van der Waals surface area contributed by atoms with Gasteiger partial charge in [-0.2, -0.15) is 0 Å². The minimum Gasteiger partial charge on any atom is -0.298 e. The van der Waals surface area contributed by atoms with Crippen LogP contribution < -0.4 is 0 Å². The number of hydrogen-bond donors (Lipinski definition) is 0. The maximum Gasteiger partial charge on any atom is 0.264 e. The number of hydrogen-bond acceptors (Lipinski definition) is 2. The van der Waals surface area contributed by atoms with Crippen LogP contribution in [0.5, 0.6) is 0 Å². The van der Waals surface area contributed by atoms with Gasteiger partial charge in [-0.05, 0) is 6.54 Å². The van der Waals surface area contributed by atoms with Crippen LogP contribution >= 0.6 is 0 Å². The van der Waals surface area contributed by atoms with Crippen molar-refractivity contribution in [3.8, 4) is 0 Å². The van der Waals surface area contributed by atoms with Crippen LogP contribution in [0, 0.1) is 0 Å². The van der Waals surface area contributed by atoms with E-state index >= 15 is 0 Å². The van der Waals surface area contributed by atoms with E-state index in [0.29, 0.717) is 19.6 Å². The smallest absolute Gasteiger partial charge is 0.264 e. The van der Waals surface area contributed by atoms with E-state index in [-0.39, 0.29) is 19.5 Å². The average molecular weight is 268 g/mol. The van der Waals surface area contributed by atoms with Crippen molar-refractivity contribution in [1.82, 2.24) is 9.80 Å². The van der Waals surface area contributed by atoms with E-state index < -0.39 is 18.6 Å². The second kappa shape index (κ2) is 8.75. The van der Waals surface area contributed by atoms with Crippen molar-refractivity contribution in [2.24, 2.45) is 0 Å². The first-order valence-electron chi connectivity index (χ1n) is 6.95. The SMILES string of the molecule is CC.CCN1CCN(CCF)CC1C(F)(F)CC. The molecular formula is C13H27F3N2. The van der Waals surface area contributed by atoms with Crippen molar-refractivity contribution in [2.45, 2.75) is 46.1 Å². The van der Waals surface area contributed by atoms with Crippen LogP contribution in [-0.4, -0.2) is 61.2 Å². The van der Waals surface area contributed by atoms with Gasteiger partial charge in [0.15, 0.2) is 0 Å². The van der Waals surface area contributed by atoms with E-state index in [1.54, 1.807) is 9.80 Å². The minimum absolute atomic E-state index is 0.155. The third kappa shape index (κ3) is 4.76. The molecule has 5 heteroatoms. The lowest BCUT2D eigenvalue weighted by Crippen LogP contribution is -2.60. The van der Waals surface area contributed by atoms with E-state index in [0.717, 1.165) is 0 Å². The lowest BCUT2D eigenvalue weighted by atomic mass is 10.0. The van der Waals surface area contributed by atoms with Gasteiger partial charge in [0.05, 0.1) is 6.04 Å². The van der Waals surface area contributed by atoms with Gasteiger partial charge in [-0.3, -0.25) is 9.80 Å². The van der Waals surface area contributed by atoms with Crippen LogP contribution in [0.15, 0.2) is 0 Å². The van der Waals surface area contributed by atoms with Crippen LogP contribution in [0.1, 0.15) is 34.1 Å². The molecule has 0 aromatic heterocycles. The predicted octanol–water partition coefficient (Wildman–Crippen LogP) is 3.03. The number of nitrogens with zero attached hydrogens (tertiary/aromatic N) is 2. The Morgan fingerprint density at radius 3 is 2.22 bits per heavy atom. The number of alkyl halides is 3. The predicted molar refractivity (Wildman–Crippen MR) is 70.0 cm³/mol. The highest BCUT2D eigenvalue weighted by Gasteiger charge is 2.43. The Morgan fingerprint density at radius 1 is 1.17 bits per heavy atom. The zero-order valence-electron chi connectivity index (χ0n) is 12.1. The largest absolute Gasteiger partial charge is 0.298 e. The van der Waals surface area contributed by atoms with Gasteiger partial charge in [0, 0.05) is 32.6 Å². The molecule has 0 aromatic rings. The van der Waals surface area contributed by atoms with Gasteiger partial charge in [-0.15, -0.1) is 0 Å². The van der Waals surface area contributed by atoms with Gasteiger partial charge >= 0.3 is 0 Å². The summed E-state index contributed by atoms with van der Waals surface area (Å²) in [6.07, 6.45) is -0.155. The Balaban J connectivity index is 0.00000137. The average Bonchev–Trinajstić information content (AvgIpc) is 2.41. The Morgan fingerprint density at radius 2 is 1.78 bits per heavy atom. The van der Waals surface area contributed by atoms with E-state index in [2.05, 4.69) is 0 Å². The molecule has 1 rings (SSSR count). The first kappa shape index (κ1) is 17.7. The van der Waals surface area contributed by atoms with Crippen molar-refractivity contribution in [3.05, 3.63) is 0 Å². The Bertz CT molecular complexity index is 212. The highest BCUT2D eigenvalue weighted by atomic mass is 19.3. The molecule has 1 atom stereocenters. The zero-order chi connectivity index (χ0) is 14.2. The summed E-state index contributed by atoms with van der Waals surface area (Å²) in [5.74, 6) is -2.68. The maximum absolute atomic E-state index is 13.7. The summed E-state index contributed by atoms with van der Waals surface area (Å²) < 4.78 is 39.7. The van der Waals surface area contributed by atoms with Crippen LogP contribution in [-0.2, 0) is 0 Å². The highest BCUT2D eigenvalue weighted by Crippen LogP contribution is 2.29. The minimum atomic E-state index is -2.68.